The summed E-state index contributed by atoms with van der Waals surface area (Å²) < 4.78 is 5.26. The van der Waals surface area contributed by atoms with Gasteiger partial charge in [0.05, 0.1) is 25.1 Å². The zero-order valence-corrected chi connectivity index (χ0v) is 16.1. The molecule has 0 saturated carbocycles. The molecule has 2 N–H and O–H groups in total. The SMILES string of the molecule is COc1ccc(-c2csc3ncnc(NC(CO)C4CC=CCC4)c23)cc1. The lowest BCUT2D eigenvalue weighted by molar-refractivity contribution is 0.230. The average Bonchev–Trinajstić information content (AvgIpc) is 3.17. The second-order valence-corrected chi connectivity index (χ2v) is 7.62. The molecule has 2 heterocycles. The Balaban J connectivity index is 1.70. The Labute approximate surface area is 162 Å². The molecule has 1 aliphatic carbocycles. The molecule has 2 unspecified atom stereocenters. The van der Waals surface area contributed by atoms with Crippen LogP contribution in [0.1, 0.15) is 19.3 Å². The summed E-state index contributed by atoms with van der Waals surface area (Å²) in [5.41, 5.74) is 2.20. The second kappa shape index (κ2) is 8.06. The van der Waals surface area contributed by atoms with Crippen molar-refractivity contribution in [2.24, 2.45) is 5.92 Å². The first-order chi connectivity index (χ1) is 13.3. The van der Waals surface area contributed by atoms with Gasteiger partial charge in [0, 0.05) is 10.9 Å². The molecule has 3 aromatic rings. The average molecular weight is 382 g/mol. The number of thiophene rings is 1. The molecule has 0 aliphatic heterocycles. The van der Waals surface area contributed by atoms with Gasteiger partial charge in [-0.05, 0) is 42.9 Å². The summed E-state index contributed by atoms with van der Waals surface area (Å²) in [7, 11) is 1.67. The van der Waals surface area contributed by atoms with Crippen LogP contribution in [0.25, 0.3) is 21.3 Å². The lowest BCUT2D eigenvalue weighted by Crippen LogP contribution is -2.33. The molecule has 0 bridgehead atoms. The Morgan fingerprint density at radius 3 is 2.81 bits per heavy atom. The predicted octanol–water partition coefficient (Wildman–Crippen LogP) is 4.50. The van der Waals surface area contributed by atoms with Gasteiger partial charge >= 0.3 is 0 Å². The molecule has 1 aliphatic rings. The van der Waals surface area contributed by atoms with Gasteiger partial charge in [0.2, 0.25) is 0 Å². The fourth-order valence-corrected chi connectivity index (χ4v) is 4.55. The minimum atomic E-state index is -0.0170. The monoisotopic (exact) mass is 381 g/mol. The number of nitrogens with zero attached hydrogens (tertiary/aromatic N) is 2. The highest BCUT2D eigenvalue weighted by Crippen LogP contribution is 2.37. The molecular formula is C21H23N3O2S. The number of hydrogen-bond acceptors (Lipinski definition) is 6. The minimum absolute atomic E-state index is 0.0170. The number of fused-ring (bicyclic) bond motifs is 1. The number of allylic oxidation sites excluding steroid dienone is 2. The highest BCUT2D eigenvalue weighted by Gasteiger charge is 2.23. The van der Waals surface area contributed by atoms with Gasteiger partial charge in [0.1, 0.15) is 22.7 Å². The molecule has 1 aromatic carbocycles. The highest BCUT2D eigenvalue weighted by atomic mass is 32.1. The summed E-state index contributed by atoms with van der Waals surface area (Å²) in [6, 6.07) is 8.00. The van der Waals surface area contributed by atoms with Crippen LogP contribution in [0.3, 0.4) is 0 Å². The summed E-state index contributed by atoms with van der Waals surface area (Å²) in [5, 5.41) is 16.6. The molecule has 0 saturated heterocycles. The van der Waals surface area contributed by atoms with E-state index in [1.165, 1.54) is 0 Å². The molecule has 5 nitrogen and oxygen atoms in total. The standard InChI is InChI=1S/C21H23N3O2S/c1-26-16-9-7-14(8-10-16)17-12-27-21-19(17)20(22-13-23-21)24-18(11-25)15-5-3-2-4-6-15/h2-3,7-10,12-13,15,18,25H,4-6,11H2,1H3,(H,22,23,24). The van der Waals surface area contributed by atoms with E-state index in [0.29, 0.717) is 5.92 Å². The zero-order chi connectivity index (χ0) is 18.6. The third-order valence-corrected chi connectivity index (χ3v) is 6.06. The zero-order valence-electron chi connectivity index (χ0n) is 15.3. The van der Waals surface area contributed by atoms with E-state index in [-0.39, 0.29) is 12.6 Å². The van der Waals surface area contributed by atoms with Gasteiger partial charge in [-0.3, -0.25) is 0 Å². The summed E-state index contributed by atoms with van der Waals surface area (Å²) in [5.74, 6) is 2.03. The van der Waals surface area contributed by atoms with E-state index in [1.54, 1.807) is 24.8 Å². The van der Waals surface area contributed by atoms with Gasteiger partial charge in [-0.2, -0.15) is 0 Å². The van der Waals surface area contributed by atoms with Gasteiger partial charge in [0.25, 0.3) is 0 Å². The summed E-state index contributed by atoms with van der Waals surface area (Å²) >= 11 is 1.61. The molecule has 4 rings (SSSR count). The molecular weight excluding hydrogens is 358 g/mol. The molecule has 0 fully saturated rings. The number of nitrogens with one attached hydrogen (secondary N) is 1. The molecule has 27 heavy (non-hydrogen) atoms. The molecule has 0 amide bonds. The first-order valence-electron chi connectivity index (χ1n) is 9.19. The number of aliphatic hydroxyl groups is 1. The number of anilines is 1. The van der Waals surface area contributed by atoms with Crippen LogP contribution in [0.4, 0.5) is 5.82 Å². The number of rotatable bonds is 6. The highest BCUT2D eigenvalue weighted by molar-refractivity contribution is 7.17. The van der Waals surface area contributed by atoms with Crippen molar-refractivity contribution < 1.29 is 9.84 Å². The normalized spacial score (nSPS) is 17.8. The van der Waals surface area contributed by atoms with Crippen molar-refractivity contribution >= 4 is 27.4 Å². The molecule has 140 valence electrons. The Morgan fingerprint density at radius 1 is 1.26 bits per heavy atom. The summed E-state index contributed by atoms with van der Waals surface area (Å²) in [4.78, 5) is 9.89. The van der Waals surface area contributed by atoms with E-state index in [0.717, 1.165) is 52.2 Å². The largest absolute Gasteiger partial charge is 0.497 e. The lowest BCUT2D eigenvalue weighted by atomic mass is 9.88. The quantitative estimate of drug-likeness (QED) is 0.616. The maximum Gasteiger partial charge on any atom is 0.139 e. The third-order valence-electron chi connectivity index (χ3n) is 5.17. The topological polar surface area (TPSA) is 67.3 Å². The maximum atomic E-state index is 9.97. The van der Waals surface area contributed by atoms with E-state index >= 15 is 0 Å². The van der Waals surface area contributed by atoms with Crippen LogP contribution < -0.4 is 10.1 Å². The Bertz CT molecular complexity index is 936. The molecule has 0 spiro atoms. The summed E-state index contributed by atoms with van der Waals surface area (Å²) in [6.07, 6.45) is 9.15. The van der Waals surface area contributed by atoms with Gasteiger partial charge in [0.15, 0.2) is 0 Å². The van der Waals surface area contributed by atoms with Gasteiger partial charge in [-0.25, -0.2) is 9.97 Å². The van der Waals surface area contributed by atoms with Gasteiger partial charge in [-0.15, -0.1) is 11.3 Å². The van der Waals surface area contributed by atoms with Crippen LogP contribution in [0, 0.1) is 5.92 Å². The van der Waals surface area contributed by atoms with Crippen molar-refractivity contribution in [1.82, 2.24) is 9.97 Å². The molecule has 0 radical (unpaired) electrons. The van der Waals surface area contributed by atoms with Gasteiger partial charge < -0.3 is 15.2 Å². The van der Waals surface area contributed by atoms with Crippen LogP contribution >= 0.6 is 11.3 Å². The Hall–Kier alpha value is -2.44. The van der Waals surface area contributed by atoms with Crippen molar-refractivity contribution in [2.45, 2.75) is 25.3 Å². The van der Waals surface area contributed by atoms with E-state index in [2.05, 4.69) is 32.8 Å². The third kappa shape index (κ3) is 3.68. The van der Waals surface area contributed by atoms with Crippen LogP contribution in [-0.4, -0.2) is 34.8 Å². The number of aliphatic hydroxyl groups excluding tert-OH is 1. The number of aromatic nitrogens is 2. The van der Waals surface area contributed by atoms with Crippen molar-refractivity contribution in [3.05, 3.63) is 48.1 Å². The Morgan fingerprint density at radius 2 is 2.11 bits per heavy atom. The lowest BCUT2D eigenvalue weighted by Gasteiger charge is -2.28. The van der Waals surface area contributed by atoms with Crippen molar-refractivity contribution in [3.63, 3.8) is 0 Å². The van der Waals surface area contributed by atoms with E-state index in [9.17, 15) is 5.11 Å². The van der Waals surface area contributed by atoms with Crippen LogP contribution in [0.2, 0.25) is 0 Å². The fourth-order valence-electron chi connectivity index (χ4n) is 3.64. The summed E-state index contributed by atoms with van der Waals surface area (Å²) in [6.45, 7) is 0.0893. The van der Waals surface area contributed by atoms with Crippen LogP contribution in [0.15, 0.2) is 48.1 Å². The number of methoxy groups -OCH3 is 1. The minimum Gasteiger partial charge on any atom is -0.497 e. The smallest absolute Gasteiger partial charge is 0.139 e. The van der Waals surface area contributed by atoms with Gasteiger partial charge in [-0.1, -0.05) is 24.3 Å². The van der Waals surface area contributed by atoms with Crippen molar-refractivity contribution in [1.29, 1.82) is 0 Å². The maximum absolute atomic E-state index is 9.97. The van der Waals surface area contributed by atoms with E-state index < -0.39 is 0 Å². The predicted molar refractivity (Wildman–Crippen MR) is 110 cm³/mol. The molecule has 6 heteroatoms. The number of hydrogen-bond donors (Lipinski definition) is 2. The van der Waals surface area contributed by atoms with Crippen LogP contribution in [-0.2, 0) is 0 Å². The number of ether oxygens (including phenoxy) is 1. The van der Waals surface area contributed by atoms with Crippen molar-refractivity contribution in [3.8, 4) is 16.9 Å². The van der Waals surface area contributed by atoms with Crippen molar-refractivity contribution in [2.75, 3.05) is 19.0 Å². The van der Waals surface area contributed by atoms with E-state index in [1.807, 2.05) is 24.3 Å². The first kappa shape index (κ1) is 17.9. The molecule has 2 aromatic heterocycles. The first-order valence-corrected chi connectivity index (χ1v) is 10.1. The fraction of sp³-hybridized carbons (Fsp3) is 0.333. The molecule has 2 atom stereocenters. The number of benzene rings is 1. The van der Waals surface area contributed by atoms with Crippen LogP contribution in [0.5, 0.6) is 5.75 Å². The Kier molecular flexibility index (Phi) is 5.36. The second-order valence-electron chi connectivity index (χ2n) is 6.76. The van der Waals surface area contributed by atoms with E-state index in [4.69, 9.17) is 4.74 Å².